The van der Waals surface area contributed by atoms with Crippen LogP contribution in [-0.4, -0.2) is 35.6 Å². The van der Waals surface area contributed by atoms with E-state index < -0.39 is 0 Å². The van der Waals surface area contributed by atoms with Gasteiger partial charge in [0.15, 0.2) is 0 Å². The largest absolute Gasteiger partial charge is 0.365 e. The molecule has 4 nitrogen and oxygen atoms in total. The normalized spacial score (nSPS) is 17.0. The summed E-state index contributed by atoms with van der Waals surface area (Å²) in [6.45, 7) is 7.12. The van der Waals surface area contributed by atoms with Crippen LogP contribution in [0.1, 0.15) is 12.5 Å². The number of aromatic nitrogens is 2. The summed E-state index contributed by atoms with van der Waals surface area (Å²) in [4.78, 5) is 15.0. The Morgan fingerprint density at radius 2 is 1.90 bits per heavy atom. The van der Waals surface area contributed by atoms with E-state index >= 15 is 0 Å². The smallest absolute Gasteiger partial charge is 0.141 e. The molecule has 0 unspecified atom stereocenters. The minimum Gasteiger partial charge on any atom is -0.365 e. The van der Waals surface area contributed by atoms with Crippen molar-refractivity contribution >= 4 is 33.1 Å². The zero-order chi connectivity index (χ0) is 20.7. The molecule has 1 fully saturated rings. The average molecular weight is 419 g/mol. The van der Waals surface area contributed by atoms with Crippen molar-refractivity contribution in [1.82, 2.24) is 9.97 Å². The zero-order valence-corrected chi connectivity index (χ0v) is 17.9. The number of nitrogens with zero attached hydrogens (tertiary/aromatic N) is 4. The summed E-state index contributed by atoms with van der Waals surface area (Å²) >= 11 is 1.61. The van der Waals surface area contributed by atoms with Crippen LogP contribution in [0.5, 0.6) is 0 Å². The fourth-order valence-electron chi connectivity index (χ4n) is 4.28. The molecule has 0 spiro atoms. The summed E-state index contributed by atoms with van der Waals surface area (Å²) in [6, 6.07) is 15.7. The number of fused-ring (bicyclic) bond motifs is 1. The number of anilines is 2. The van der Waals surface area contributed by atoms with Gasteiger partial charge in [0, 0.05) is 42.3 Å². The standard InChI is InChI=1S/C24H23FN4S/c1-16-4-3-5-20(12-16)29-11-10-28(13-17(29)2)23-22-21(14-30-24(22)27-15-26-23)18-6-8-19(25)9-7-18/h3-9,12,14-15,17H,10-11,13H2,1-2H3/t17-/m1/s1. The van der Waals surface area contributed by atoms with Crippen LogP contribution in [0, 0.1) is 12.7 Å². The SMILES string of the molecule is Cc1cccc(N2CCN(c3ncnc4scc(-c5ccc(F)cc5)c34)C[C@H]2C)c1. The number of thiophene rings is 1. The minimum absolute atomic E-state index is 0.226. The van der Waals surface area contributed by atoms with Crippen LogP contribution in [0.3, 0.4) is 0 Å². The molecule has 2 aromatic carbocycles. The second-order valence-electron chi connectivity index (χ2n) is 7.86. The van der Waals surface area contributed by atoms with Crippen LogP contribution in [0.15, 0.2) is 60.2 Å². The van der Waals surface area contributed by atoms with E-state index in [1.54, 1.807) is 17.7 Å². The van der Waals surface area contributed by atoms with E-state index in [0.29, 0.717) is 6.04 Å². The van der Waals surface area contributed by atoms with Gasteiger partial charge in [-0.25, -0.2) is 14.4 Å². The number of hydrogen-bond donors (Lipinski definition) is 0. The fraction of sp³-hybridized carbons (Fsp3) is 0.250. The van der Waals surface area contributed by atoms with Crippen LogP contribution in [0.2, 0.25) is 0 Å². The zero-order valence-electron chi connectivity index (χ0n) is 17.0. The highest BCUT2D eigenvalue weighted by Gasteiger charge is 2.27. The highest BCUT2D eigenvalue weighted by molar-refractivity contribution is 7.17. The maximum absolute atomic E-state index is 13.4. The Bertz CT molecular complexity index is 1190. The topological polar surface area (TPSA) is 32.3 Å². The molecular formula is C24H23FN4S. The predicted octanol–water partition coefficient (Wildman–Crippen LogP) is 5.52. The Kier molecular flexibility index (Phi) is 4.87. The molecule has 0 amide bonds. The van der Waals surface area contributed by atoms with Crippen LogP contribution in [0.4, 0.5) is 15.9 Å². The van der Waals surface area contributed by atoms with E-state index in [2.05, 4.69) is 63.3 Å². The highest BCUT2D eigenvalue weighted by atomic mass is 32.1. The molecule has 0 bridgehead atoms. The van der Waals surface area contributed by atoms with Gasteiger partial charge in [-0.2, -0.15) is 0 Å². The summed E-state index contributed by atoms with van der Waals surface area (Å²) in [5, 5.41) is 3.16. The summed E-state index contributed by atoms with van der Waals surface area (Å²) in [5.41, 5.74) is 4.61. The Balaban J connectivity index is 1.48. The molecular weight excluding hydrogens is 395 g/mol. The maximum Gasteiger partial charge on any atom is 0.141 e. The molecule has 30 heavy (non-hydrogen) atoms. The monoisotopic (exact) mass is 418 g/mol. The molecule has 1 aliphatic rings. The Morgan fingerprint density at radius 1 is 1.07 bits per heavy atom. The molecule has 1 aliphatic heterocycles. The van der Waals surface area contributed by atoms with Crippen LogP contribution < -0.4 is 9.80 Å². The Labute approximate surface area is 179 Å². The molecule has 1 saturated heterocycles. The van der Waals surface area contributed by atoms with Gasteiger partial charge >= 0.3 is 0 Å². The lowest BCUT2D eigenvalue weighted by atomic mass is 10.0. The second kappa shape index (κ2) is 7.69. The van der Waals surface area contributed by atoms with Gasteiger partial charge in [0.05, 0.1) is 5.39 Å². The van der Waals surface area contributed by atoms with E-state index in [0.717, 1.165) is 46.8 Å². The van der Waals surface area contributed by atoms with E-state index in [1.807, 2.05) is 12.1 Å². The van der Waals surface area contributed by atoms with Crippen molar-refractivity contribution in [2.24, 2.45) is 0 Å². The van der Waals surface area contributed by atoms with Crippen molar-refractivity contribution in [3.8, 4) is 11.1 Å². The van der Waals surface area contributed by atoms with Crippen molar-refractivity contribution < 1.29 is 4.39 Å². The summed E-state index contributed by atoms with van der Waals surface area (Å²) in [5.74, 6) is 0.743. The number of benzene rings is 2. The second-order valence-corrected chi connectivity index (χ2v) is 8.72. The number of aryl methyl sites for hydroxylation is 1. The molecule has 0 radical (unpaired) electrons. The van der Waals surface area contributed by atoms with Crippen molar-refractivity contribution in [3.63, 3.8) is 0 Å². The molecule has 1 atom stereocenters. The van der Waals surface area contributed by atoms with Gasteiger partial charge in [-0.15, -0.1) is 11.3 Å². The molecule has 0 N–H and O–H groups in total. The summed E-state index contributed by atoms with van der Waals surface area (Å²) in [6.07, 6.45) is 1.65. The van der Waals surface area contributed by atoms with Crippen molar-refractivity contribution in [2.45, 2.75) is 19.9 Å². The van der Waals surface area contributed by atoms with E-state index in [1.165, 1.54) is 23.4 Å². The lowest BCUT2D eigenvalue weighted by Gasteiger charge is -2.42. The number of rotatable bonds is 3. The quantitative estimate of drug-likeness (QED) is 0.438. The van der Waals surface area contributed by atoms with Crippen LogP contribution in [-0.2, 0) is 0 Å². The third-order valence-electron chi connectivity index (χ3n) is 5.77. The lowest BCUT2D eigenvalue weighted by Crippen LogP contribution is -2.52. The first-order valence-electron chi connectivity index (χ1n) is 10.2. The molecule has 6 heteroatoms. The highest BCUT2D eigenvalue weighted by Crippen LogP contribution is 2.38. The molecule has 152 valence electrons. The maximum atomic E-state index is 13.4. The minimum atomic E-state index is -0.226. The molecule has 5 rings (SSSR count). The van der Waals surface area contributed by atoms with E-state index in [9.17, 15) is 4.39 Å². The lowest BCUT2D eigenvalue weighted by molar-refractivity contribution is 0.548. The van der Waals surface area contributed by atoms with Crippen molar-refractivity contribution in [3.05, 3.63) is 71.6 Å². The van der Waals surface area contributed by atoms with Crippen LogP contribution >= 0.6 is 11.3 Å². The first-order valence-corrected chi connectivity index (χ1v) is 11.0. The number of piperazine rings is 1. The fourth-order valence-corrected chi connectivity index (χ4v) is 5.19. The first-order chi connectivity index (χ1) is 14.6. The first kappa shape index (κ1) is 19.0. The number of halogens is 1. The van der Waals surface area contributed by atoms with Gasteiger partial charge in [-0.05, 0) is 49.2 Å². The Morgan fingerprint density at radius 3 is 2.67 bits per heavy atom. The van der Waals surface area contributed by atoms with Crippen molar-refractivity contribution in [2.75, 3.05) is 29.4 Å². The van der Waals surface area contributed by atoms with Gasteiger partial charge in [0.2, 0.25) is 0 Å². The number of hydrogen-bond acceptors (Lipinski definition) is 5. The average Bonchev–Trinajstić information content (AvgIpc) is 3.18. The molecule has 4 aromatic rings. The molecule has 2 aromatic heterocycles. The van der Waals surface area contributed by atoms with Gasteiger partial charge in [0.25, 0.3) is 0 Å². The van der Waals surface area contributed by atoms with Crippen LogP contribution in [0.25, 0.3) is 21.3 Å². The van der Waals surface area contributed by atoms with E-state index in [4.69, 9.17) is 0 Å². The summed E-state index contributed by atoms with van der Waals surface area (Å²) < 4.78 is 13.4. The third-order valence-corrected chi connectivity index (χ3v) is 6.65. The molecule has 0 saturated carbocycles. The molecule has 0 aliphatic carbocycles. The van der Waals surface area contributed by atoms with Crippen molar-refractivity contribution in [1.29, 1.82) is 0 Å². The van der Waals surface area contributed by atoms with Gasteiger partial charge < -0.3 is 9.80 Å². The van der Waals surface area contributed by atoms with E-state index in [-0.39, 0.29) is 5.82 Å². The van der Waals surface area contributed by atoms with Gasteiger partial charge in [-0.1, -0.05) is 24.3 Å². The molecule has 3 heterocycles. The van der Waals surface area contributed by atoms with Gasteiger partial charge in [0.1, 0.15) is 22.8 Å². The third kappa shape index (κ3) is 3.41. The summed E-state index contributed by atoms with van der Waals surface area (Å²) in [7, 11) is 0. The predicted molar refractivity (Wildman–Crippen MR) is 123 cm³/mol. The van der Waals surface area contributed by atoms with Gasteiger partial charge in [-0.3, -0.25) is 0 Å². The Hall–Kier alpha value is -2.99.